The molecule has 0 fully saturated rings. The molecule has 2 rings (SSSR count). The van der Waals surface area contributed by atoms with Gasteiger partial charge in [-0.05, 0) is 37.8 Å². The van der Waals surface area contributed by atoms with Crippen molar-refractivity contribution in [2.24, 2.45) is 0 Å². The number of imide groups is 1. The number of amides is 2. The van der Waals surface area contributed by atoms with Crippen molar-refractivity contribution in [2.75, 3.05) is 6.54 Å². The molecule has 0 spiro atoms. The molecule has 2 amide bonds. The summed E-state index contributed by atoms with van der Waals surface area (Å²) in [7, 11) is 0. The summed E-state index contributed by atoms with van der Waals surface area (Å²) in [6.07, 6.45) is 1.02. The molecule has 0 saturated carbocycles. The second-order valence-corrected chi connectivity index (χ2v) is 5.58. The number of aliphatic hydroxyl groups is 1. The summed E-state index contributed by atoms with van der Waals surface area (Å²) in [5.74, 6) is -0.571. The van der Waals surface area contributed by atoms with E-state index in [0.717, 1.165) is 11.1 Å². The van der Waals surface area contributed by atoms with Crippen LogP contribution in [-0.2, 0) is 0 Å². The van der Waals surface area contributed by atoms with Gasteiger partial charge in [0.2, 0.25) is 0 Å². The predicted octanol–water partition coefficient (Wildman–Crippen LogP) is 2.45. The molecule has 108 valence electrons. The first-order valence-corrected chi connectivity index (χ1v) is 7.03. The standard InChI is InChI=1S/C16H21NO3/c1-5-16(20,6-2)9-17-14(18)12-10(3)7-8-11(4)13(12)15(17)19/h7-8,20H,5-6,9H2,1-4H3. The van der Waals surface area contributed by atoms with Crippen molar-refractivity contribution in [3.05, 3.63) is 34.4 Å². The van der Waals surface area contributed by atoms with E-state index in [1.165, 1.54) is 4.90 Å². The van der Waals surface area contributed by atoms with Gasteiger partial charge in [0.1, 0.15) is 0 Å². The van der Waals surface area contributed by atoms with E-state index in [9.17, 15) is 14.7 Å². The minimum Gasteiger partial charge on any atom is -0.388 e. The number of carbonyl (C=O) groups excluding carboxylic acids is 2. The van der Waals surface area contributed by atoms with Gasteiger partial charge in [-0.15, -0.1) is 0 Å². The fourth-order valence-corrected chi connectivity index (χ4v) is 2.64. The first-order chi connectivity index (χ1) is 9.34. The normalized spacial score (nSPS) is 14.9. The molecule has 1 aliphatic rings. The van der Waals surface area contributed by atoms with Crippen molar-refractivity contribution in [1.29, 1.82) is 0 Å². The molecule has 4 heteroatoms. The molecule has 0 atom stereocenters. The first kappa shape index (κ1) is 14.7. The van der Waals surface area contributed by atoms with Crippen molar-refractivity contribution in [3.63, 3.8) is 0 Å². The largest absolute Gasteiger partial charge is 0.388 e. The summed E-state index contributed by atoms with van der Waals surface area (Å²) < 4.78 is 0. The van der Waals surface area contributed by atoms with Gasteiger partial charge in [-0.1, -0.05) is 26.0 Å². The molecule has 4 nitrogen and oxygen atoms in total. The van der Waals surface area contributed by atoms with E-state index >= 15 is 0 Å². The number of nitrogens with zero attached hydrogens (tertiary/aromatic N) is 1. The molecular formula is C16H21NO3. The SMILES string of the molecule is CCC(O)(CC)CN1C(=O)c2c(C)ccc(C)c2C1=O. The van der Waals surface area contributed by atoms with Crippen LogP contribution < -0.4 is 0 Å². The summed E-state index contributed by atoms with van der Waals surface area (Å²) >= 11 is 0. The smallest absolute Gasteiger partial charge is 0.261 e. The highest BCUT2D eigenvalue weighted by Crippen LogP contribution is 2.30. The summed E-state index contributed by atoms with van der Waals surface area (Å²) in [6.45, 7) is 7.44. The Morgan fingerprint density at radius 1 is 1.00 bits per heavy atom. The Labute approximate surface area is 119 Å². The van der Waals surface area contributed by atoms with Gasteiger partial charge in [-0.3, -0.25) is 14.5 Å². The Morgan fingerprint density at radius 2 is 1.40 bits per heavy atom. The Morgan fingerprint density at radius 3 is 1.75 bits per heavy atom. The molecular weight excluding hydrogens is 254 g/mol. The van der Waals surface area contributed by atoms with E-state index in [4.69, 9.17) is 0 Å². The Hall–Kier alpha value is -1.68. The average Bonchev–Trinajstić information content (AvgIpc) is 2.68. The molecule has 1 aromatic carbocycles. The molecule has 0 unspecified atom stereocenters. The summed E-state index contributed by atoms with van der Waals surface area (Å²) in [5, 5.41) is 10.4. The van der Waals surface area contributed by atoms with E-state index in [-0.39, 0.29) is 18.4 Å². The Kier molecular flexibility index (Phi) is 3.69. The van der Waals surface area contributed by atoms with Crippen LogP contribution >= 0.6 is 0 Å². The van der Waals surface area contributed by atoms with Gasteiger partial charge in [0, 0.05) is 0 Å². The van der Waals surface area contributed by atoms with Crippen LogP contribution in [0.5, 0.6) is 0 Å². The summed E-state index contributed by atoms with van der Waals surface area (Å²) in [6, 6.07) is 3.71. The average molecular weight is 275 g/mol. The topological polar surface area (TPSA) is 57.6 Å². The highest BCUT2D eigenvalue weighted by Gasteiger charge is 2.41. The van der Waals surface area contributed by atoms with Gasteiger partial charge in [0.25, 0.3) is 11.8 Å². The van der Waals surface area contributed by atoms with Crippen LogP contribution in [0.3, 0.4) is 0 Å². The van der Waals surface area contributed by atoms with Gasteiger partial charge in [-0.2, -0.15) is 0 Å². The quantitative estimate of drug-likeness (QED) is 0.859. The molecule has 0 aliphatic carbocycles. The van der Waals surface area contributed by atoms with Gasteiger partial charge < -0.3 is 5.11 Å². The number of hydrogen-bond acceptors (Lipinski definition) is 3. The van der Waals surface area contributed by atoms with Crippen LogP contribution in [0.4, 0.5) is 0 Å². The van der Waals surface area contributed by atoms with Crippen LogP contribution in [0.25, 0.3) is 0 Å². The van der Waals surface area contributed by atoms with Crippen LogP contribution in [-0.4, -0.2) is 34.0 Å². The predicted molar refractivity (Wildman–Crippen MR) is 76.8 cm³/mol. The number of fused-ring (bicyclic) bond motifs is 1. The molecule has 0 aromatic heterocycles. The number of carbonyl (C=O) groups is 2. The van der Waals surface area contributed by atoms with Crippen molar-refractivity contribution in [1.82, 2.24) is 4.90 Å². The highest BCUT2D eigenvalue weighted by molar-refractivity contribution is 6.22. The van der Waals surface area contributed by atoms with Crippen LogP contribution in [0.15, 0.2) is 12.1 Å². The highest BCUT2D eigenvalue weighted by atomic mass is 16.3. The minimum atomic E-state index is -1.00. The second kappa shape index (κ2) is 5.02. The lowest BCUT2D eigenvalue weighted by atomic mass is 9.97. The third-order valence-corrected chi connectivity index (χ3v) is 4.31. The molecule has 1 heterocycles. The number of rotatable bonds is 4. The fourth-order valence-electron chi connectivity index (χ4n) is 2.64. The molecule has 1 N–H and O–H groups in total. The number of hydrogen-bond donors (Lipinski definition) is 1. The molecule has 20 heavy (non-hydrogen) atoms. The molecule has 0 saturated heterocycles. The zero-order valence-corrected chi connectivity index (χ0v) is 12.5. The fraction of sp³-hybridized carbons (Fsp3) is 0.500. The van der Waals surface area contributed by atoms with Crippen LogP contribution in [0, 0.1) is 13.8 Å². The minimum absolute atomic E-state index is 0.0607. The van der Waals surface area contributed by atoms with Crippen molar-refractivity contribution in [2.45, 2.75) is 46.1 Å². The number of benzene rings is 1. The van der Waals surface area contributed by atoms with Gasteiger partial charge in [0.05, 0.1) is 23.3 Å². The zero-order chi connectivity index (χ0) is 15.1. The molecule has 0 radical (unpaired) electrons. The summed E-state index contributed by atoms with van der Waals surface area (Å²) in [4.78, 5) is 26.2. The maximum absolute atomic E-state index is 12.5. The second-order valence-electron chi connectivity index (χ2n) is 5.58. The lowest BCUT2D eigenvalue weighted by Gasteiger charge is -2.29. The van der Waals surface area contributed by atoms with E-state index < -0.39 is 5.60 Å². The maximum atomic E-state index is 12.5. The van der Waals surface area contributed by atoms with Crippen LogP contribution in [0.2, 0.25) is 0 Å². The summed E-state index contributed by atoms with van der Waals surface area (Å²) in [5.41, 5.74) is 1.59. The lowest BCUT2D eigenvalue weighted by molar-refractivity contribution is 0.00241. The van der Waals surface area contributed by atoms with E-state index in [2.05, 4.69) is 0 Å². The van der Waals surface area contributed by atoms with Gasteiger partial charge in [-0.25, -0.2) is 0 Å². The third-order valence-electron chi connectivity index (χ3n) is 4.31. The number of aryl methyl sites for hydroxylation is 2. The third kappa shape index (κ3) is 2.14. The molecule has 0 bridgehead atoms. The monoisotopic (exact) mass is 275 g/mol. The number of β-amino-alcohol motifs (C(OH)–C–C–N with tert-alkyl or cyclic N) is 1. The van der Waals surface area contributed by atoms with Gasteiger partial charge in [0.15, 0.2) is 0 Å². The van der Waals surface area contributed by atoms with Crippen LogP contribution in [0.1, 0.15) is 58.5 Å². The van der Waals surface area contributed by atoms with Crippen molar-refractivity contribution >= 4 is 11.8 Å². The molecule has 1 aliphatic heterocycles. The molecule has 1 aromatic rings. The maximum Gasteiger partial charge on any atom is 0.261 e. The van der Waals surface area contributed by atoms with Crippen molar-refractivity contribution in [3.8, 4) is 0 Å². The van der Waals surface area contributed by atoms with Crippen molar-refractivity contribution < 1.29 is 14.7 Å². The first-order valence-electron chi connectivity index (χ1n) is 7.03. The Balaban J connectivity index is 2.43. The zero-order valence-electron chi connectivity index (χ0n) is 12.5. The van der Waals surface area contributed by atoms with Gasteiger partial charge >= 0.3 is 0 Å². The van der Waals surface area contributed by atoms with E-state index in [1.54, 1.807) is 0 Å². The lowest BCUT2D eigenvalue weighted by Crippen LogP contribution is -2.45. The Bertz CT molecular complexity index is 532. The van der Waals surface area contributed by atoms with E-state index in [0.29, 0.717) is 24.0 Å². The van der Waals surface area contributed by atoms with E-state index in [1.807, 2.05) is 39.8 Å².